The number of carbonyl (C=O) groups is 2. The smallest absolute Gasteiger partial charge is 0.349 e. The second kappa shape index (κ2) is 10.5. The van der Waals surface area contributed by atoms with Gasteiger partial charge in [0.1, 0.15) is 0 Å². The maximum absolute atomic E-state index is 12.9. The zero-order valence-electron chi connectivity index (χ0n) is 18.0. The Morgan fingerprint density at radius 3 is 2.64 bits per heavy atom. The van der Waals surface area contributed by atoms with Gasteiger partial charge < -0.3 is 15.6 Å². The molecule has 11 heteroatoms. The van der Waals surface area contributed by atoms with Crippen LogP contribution < -0.4 is 16.5 Å². The van der Waals surface area contributed by atoms with Gasteiger partial charge in [-0.1, -0.05) is 18.2 Å². The number of allylic oxidation sites excluding steroid dienone is 1. The number of hydrogen-bond donors (Lipinski definition) is 3. The molecule has 180 valence electrons. The predicted octanol–water partition coefficient (Wildman–Crippen LogP) is 3.88. The molecular weight excluding hydrogens is 459 g/mol. The number of halogens is 4. The summed E-state index contributed by atoms with van der Waals surface area (Å²) in [5, 5.41) is 7.03. The van der Waals surface area contributed by atoms with Crippen LogP contribution in [0.4, 0.5) is 18.0 Å². The third-order valence-corrected chi connectivity index (χ3v) is 6.18. The largest absolute Gasteiger partial charge is 0.416 e. The summed E-state index contributed by atoms with van der Waals surface area (Å²) in [5.74, 6) is 5.74. The number of urea groups is 1. The lowest BCUT2D eigenvalue weighted by molar-refractivity contribution is -0.137. The van der Waals surface area contributed by atoms with E-state index >= 15 is 0 Å². The van der Waals surface area contributed by atoms with Crippen LogP contribution in [0.15, 0.2) is 42.8 Å². The second-order valence-electron chi connectivity index (χ2n) is 8.27. The van der Waals surface area contributed by atoms with Gasteiger partial charge >= 0.3 is 12.2 Å². The highest BCUT2D eigenvalue weighted by Gasteiger charge is 2.32. The van der Waals surface area contributed by atoms with Gasteiger partial charge in [0.15, 0.2) is 0 Å². The van der Waals surface area contributed by atoms with E-state index in [0.717, 1.165) is 31.0 Å². The molecule has 33 heavy (non-hydrogen) atoms. The molecule has 1 saturated carbocycles. The topological polar surface area (TPSA) is 90.7 Å². The van der Waals surface area contributed by atoms with E-state index < -0.39 is 17.6 Å². The maximum Gasteiger partial charge on any atom is 0.416 e. The quantitative estimate of drug-likeness (QED) is 0.310. The summed E-state index contributed by atoms with van der Waals surface area (Å²) < 4.78 is 38.8. The first-order valence-corrected chi connectivity index (χ1v) is 11.0. The van der Waals surface area contributed by atoms with Crippen LogP contribution in [0, 0.1) is 5.92 Å². The summed E-state index contributed by atoms with van der Waals surface area (Å²) in [6, 6.07) is 2.40. The Morgan fingerprint density at radius 1 is 1.33 bits per heavy atom. The van der Waals surface area contributed by atoms with E-state index in [0.29, 0.717) is 44.1 Å². The number of hydrazine groups is 1. The zero-order valence-corrected chi connectivity index (χ0v) is 18.8. The fourth-order valence-corrected chi connectivity index (χ4v) is 4.21. The summed E-state index contributed by atoms with van der Waals surface area (Å²) in [4.78, 5) is 25.7. The van der Waals surface area contributed by atoms with E-state index in [1.807, 2.05) is 0 Å². The number of hydrogen-bond acceptors (Lipinski definition) is 4. The average Bonchev–Trinajstić information content (AvgIpc) is 3.19. The van der Waals surface area contributed by atoms with Crippen molar-refractivity contribution in [2.75, 3.05) is 19.6 Å². The molecule has 1 aromatic rings. The van der Waals surface area contributed by atoms with Crippen LogP contribution in [0.1, 0.15) is 41.6 Å². The van der Waals surface area contributed by atoms with Crippen LogP contribution in [0.3, 0.4) is 0 Å². The Hall–Kier alpha value is -2.72. The van der Waals surface area contributed by atoms with Crippen molar-refractivity contribution >= 4 is 23.5 Å². The van der Waals surface area contributed by atoms with Crippen LogP contribution in [0.25, 0.3) is 0 Å². The van der Waals surface area contributed by atoms with Gasteiger partial charge in [-0.2, -0.15) is 13.2 Å². The lowest BCUT2D eigenvalue weighted by Crippen LogP contribution is -2.40. The van der Waals surface area contributed by atoms with Crippen LogP contribution >= 0.6 is 11.6 Å². The van der Waals surface area contributed by atoms with Gasteiger partial charge in [-0.3, -0.25) is 9.69 Å². The lowest BCUT2D eigenvalue weighted by atomic mass is 9.85. The number of nitrogens with one attached hydrogen (secondary N) is 2. The highest BCUT2D eigenvalue weighted by atomic mass is 35.5. The Labute approximate surface area is 195 Å². The Balaban J connectivity index is 1.46. The second-order valence-corrected chi connectivity index (χ2v) is 8.68. The minimum atomic E-state index is -4.55. The molecule has 0 atom stereocenters. The van der Waals surface area contributed by atoms with Gasteiger partial charge in [0.05, 0.1) is 16.1 Å². The SMILES string of the molecule is C=C(/C=C\N(N)C[C@H]1CC[C@H](NC(=O)c2cc(C(F)(F)F)ccc2Cl)CC1)N1CCNC1=O. The molecule has 1 aliphatic heterocycles. The molecule has 1 aliphatic carbocycles. The first-order chi connectivity index (χ1) is 15.5. The van der Waals surface area contributed by atoms with E-state index in [-0.39, 0.29) is 22.7 Å². The zero-order chi connectivity index (χ0) is 24.2. The summed E-state index contributed by atoms with van der Waals surface area (Å²) in [5.41, 5.74) is -0.538. The van der Waals surface area contributed by atoms with Crippen LogP contribution in [-0.2, 0) is 6.18 Å². The van der Waals surface area contributed by atoms with Crippen LogP contribution in [-0.4, -0.2) is 47.5 Å². The van der Waals surface area contributed by atoms with Crippen LogP contribution in [0.2, 0.25) is 5.02 Å². The molecule has 7 nitrogen and oxygen atoms in total. The van der Waals surface area contributed by atoms with Crippen molar-refractivity contribution in [1.82, 2.24) is 20.5 Å². The maximum atomic E-state index is 12.9. The minimum Gasteiger partial charge on any atom is -0.349 e. The van der Waals surface area contributed by atoms with Crippen molar-refractivity contribution < 1.29 is 22.8 Å². The third-order valence-electron chi connectivity index (χ3n) is 5.85. The molecule has 3 amide bonds. The molecule has 0 aromatic heterocycles. The highest BCUT2D eigenvalue weighted by Crippen LogP contribution is 2.32. The normalized spacial score (nSPS) is 21.2. The first-order valence-electron chi connectivity index (χ1n) is 10.7. The van der Waals surface area contributed by atoms with E-state index in [9.17, 15) is 22.8 Å². The number of benzene rings is 1. The van der Waals surface area contributed by atoms with E-state index in [4.69, 9.17) is 17.4 Å². The molecular formula is C22H27ClF3N5O2. The van der Waals surface area contributed by atoms with E-state index in [1.165, 1.54) is 4.90 Å². The molecule has 1 heterocycles. The molecule has 1 aromatic carbocycles. The Kier molecular flexibility index (Phi) is 7.91. The standard InChI is InChI=1S/C22H27ClF3N5O2/c1-14(31-11-9-28-21(31)33)8-10-30(27)13-15-2-5-17(6-3-15)29-20(32)18-12-16(22(24,25)26)4-7-19(18)23/h4,7-8,10,12,15,17H,1-3,5-6,9,11,13,27H2,(H,28,33)(H,29,32)/b10-8-/t15-,17-. The molecule has 0 spiro atoms. The predicted molar refractivity (Wildman–Crippen MR) is 119 cm³/mol. The summed E-state index contributed by atoms with van der Waals surface area (Å²) in [6.45, 7) is 5.62. The molecule has 2 fully saturated rings. The molecule has 0 unspecified atom stereocenters. The molecule has 0 radical (unpaired) electrons. The number of alkyl halides is 3. The van der Waals surface area contributed by atoms with E-state index in [1.54, 1.807) is 17.3 Å². The summed E-state index contributed by atoms with van der Waals surface area (Å²) >= 11 is 5.96. The van der Waals surface area contributed by atoms with E-state index in [2.05, 4.69) is 17.2 Å². The summed E-state index contributed by atoms with van der Waals surface area (Å²) in [6.07, 6.45) is 1.80. The number of amides is 3. The molecule has 2 aliphatic rings. The minimum absolute atomic E-state index is 0.0206. The highest BCUT2D eigenvalue weighted by molar-refractivity contribution is 6.33. The molecule has 0 bridgehead atoms. The number of nitrogens with zero attached hydrogens (tertiary/aromatic N) is 2. The molecule has 1 saturated heterocycles. The van der Waals surface area contributed by atoms with Gasteiger partial charge in [-0.05, 0) is 55.9 Å². The van der Waals surface area contributed by atoms with Gasteiger partial charge in [0.25, 0.3) is 5.91 Å². The van der Waals surface area contributed by atoms with Crippen molar-refractivity contribution in [3.63, 3.8) is 0 Å². The third kappa shape index (κ3) is 6.64. The van der Waals surface area contributed by atoms with Crippen molar-refractivity contribution in [3.05, 3.63) is 58.9 Å². The van der Waals surface area contributed by atoms with Gasteiger partial charge in [-0.15, -0.1) is 0 Å². The average molecular weight is 486 g/mol. The monoisotopic (exact) mass is 485 g/mol. The van der Waals surface area contributed by atoms with Crippen molar-refractivity contribution in [2.24, 2.45) is 11.8 Å². The number of carbonyl (C=O) groups excluding carboxylic acids is 2. The number of nitrogens with two attached hydrogens (primary N) is 1. The first kappa shape index (κ1) is 24.9. The lowest BCUT2D eigenvalue weighted by Gasteiger charge is -2.31. The molecule has 3 rings (SSSR count). The Morgan fingerprint density at radius 2 is 2.03 bits per heavy atom. The fourth-order valence-electron chi connectivity index (χ4n) is 4.00. The van der Waals surface area contributed by atoms with Gasteiger partial charge in [0.2, 0.25) is 0 Å². The Bertz CT molecular complexity index is 929. The fraction of sp³-hybridized carbons (Fsp3) is 0.455. The summed E-state index contributed by atoms with van der Waals surface area (Å²) in [7, 11) is 0. The van der Waals surface area contributed by atoms with Gasteiger partial charge in [-0.25, -0.2) is 10.6 Å². The van der Waals surface area contributed by atoms with Crippen molar-refractivity contribution in [3.8, 4) is 0 Å². The van der Waals surface area contributed by atoms with Gasteiger partial charge in [0, 0.05) is 37.6 Å². The number of rotatable bonds is 7. The van der Waals surface area contributed by atoms with Crippen LogP contribution in [0.5, 0.6) is 0 Å². The molecule has 4 N–H and O–H groups in total. The van der Waals surface area contributed by atoms with Crippen molar-refractivity contribution in [2.45, 2.75) is 37.9 Å². The van der Waals surface area contributed by atoms with Crippen molar-refractivity contribution in [1.29, 1.82) is 0 Å².